The number of anilines is 1. The first-order valence-electron chi connectivity index (χ1n) is 5.96. The highest BCUT2D eigenvalue weighted by atomic mass is 19.2. The Hall–Kier alpha value is -2.32. The summed E-state index contributed by atoms with van der Waals surface area (Å²) in [4.78, 5) is 22.7. The first-order chi connectivity index (χ1) is 9.77. The van der Waals surface area contributed by atoms with Crippen molar-refractivity contribution in [3.8, 4) is 0 Å². The molecule has 21 heavy (non-hydrogen) atoms. The van der Waals surface area contributed by atoms with Gasteiger partial charge in [0.25, 0.3) is 0 Å². The van der Waals surface area contributed by atoms with Gasteiger partial charge >= 0.3 is 6.03 Å². The fourth-order valence-electron chi connectivity index (χ4n) is 1.41. The fourth-order valence-corrected chi connectivity index (χ4v) is 1.41. The van der Waals surface area contributed by atoms with E-state index in [2.05, 4.69) is 5.32 Å². The Morgan fingerprint density at radius 1 is 1.14 bits per heavy atom. The van der Waals surface area contributed by atoms with E-state index < -0.39 is 46.9 Å². The summed E-state index contributed by atoms with van der Waals surface area (Å²) in [6.07, 6.45) is 0. The zero-order chi connectivity index (χ0) is 16.2. The van der Waals surface area contributed by atoms with Crippen LogP contribution < -0.4 is 16.0 Å². The number of hydrogen-bond donors (Lipinski definition) is 3. The van der Waals surface area contributed by atoms with E-state index in [-0.39, 0.29) is 12.6 Å². The van der Waals surface area contributed by atoms with Crippen LogP contribution in [-0.4, -0.2) is 24.5 Å². The van der Waals surface area contributed by atoms with Crippen LogP contribution in [0.2, 0.25) is 0 Å². The monoisotopic (exact) mass is 307 g/mol. The second-order valence-electron chi connectivity index (χ2n) is 4.06. The number of rotatable bonds is 4. The lowest BCUT2D eigenvalue weighted by Gasteiger charge is -2.16. The second kappa shape index (κ2) is 6.91. The first kappa shape index (κ1) is 16.7. The molecule has 9 heteroatoms. The maximum absolute atomic E-state index is 13.4. The molecule has 0 aliphatic heterocycles. The van der Waals surface area contributed by atoms with Crippen molar-refractivity contribution in [3.63, 3.8) is 0 Å². The molecule has 1 rings (SSSR count). The van der Waals surface area contributed by atoms with E-state index in [4.69, 9.17) is 0 Å². The van der Waals surface area contributed by atoms with Gasteiger partial charge in [-0.1, -0.05) is 0 Å². The van der Waals surface area contributed by atoms with E-state index in [1.807, 2.05) is 10.6 Å². The minimum absolute atomic E-state index is 0.0509. The van der Waals surface area contributed by atoms with Gasteiger partial charge in [0, 0.05) is 12.6 Å². The molecule has 1 aromatic carbocycles. The molecule has 0 bridgehead atoms. The number of halogens is 4. The highest BCUT2D eigenvalue weighted by molar-refractivity contribution is 5.97. The van der Waals surface area contributed by atoms with Crippen LogP contribution in [0.1, 0.15) is 13.8 Å². The molecular formula is C12H13F4N3O2. The van der Waals surface area contributed by atoms with Crippen LogP contribution >= 0.6 is 0 Å². The van der Waals surface area contributed by atoms with Crippen molar-refractivity contribution in [2.45, 2.75) is 19.9 Å². The van der Waals surface area contributed by atoms with Crippen molar-refractivity contribution in [3.05, 3.63) is 29.3 Å². The third-order valence-electron chi connectivity index (χ3n) is 2.44. The van der Waals surface area contributed by atoms with E-state index in [0.29, 0.717) is 0 Å². The number of nitrogens with one attached hydrogen (secondary N) is 3. The van der Waals surface area contributed by atoms with Crippen LogP contribution in [0.25, 0.3) is 0 Å². The second-order valence-corrected chi connectivity index (χ2v) is 4.06. The largest absolute Gasteiger partial charge is 0.369 e. The molecule has 1 unspecified atom stereocenters. The normalized spacial score (nSPS) is 11.7. The predicted octanol–water partition coefficient (Wildman–Crippen LogP) is 1.89. The van der Waals surface area contributed by atoms with Crippen LogP contribution in [0.4, 0.5) is 28.0 Å². The van der Waals surface area contributed by atoms with Gasteiger partial charge in [-0.3, -0.25) is 10.1 Å². The summed E-state index contributed by atoms with van der Waals surface area (Å²) in [5.41, 5.74) is -1.12. The SMILES string of the molecule is CCNC(=O)NC(=O)C(C)Nc1c(F)c(F)cc(F)c1F. The first-order valence-corrected chi connectivity index (χ1v) is 5.96. The zero-order valence-electron chi connectivity index (χ0n) is 11.2. The predicted molar refractivity (Wildman–Crippen MR) is 66.6 cm³/mol. The van der Waals surface area contributed by atoms with Gasteiger partial charge in [-0.25, -0.2) is 22.4 Å². The summed E-state index contributed by atoms with van der Waals surface area (Å²) in [5.74, 6) is -7.46. The van der Waals surface area contributed by atoms with Crippen LogP contribution in [0.3, 0.4) is 0 Å². The van der Waals surface area contributed by atoms with Gasteiger partial charge in [-0.15, -0.1) is 0 Å². The third-order valence-corrected chi connectivity index (χ3v) is 2.44. The zero-order valence-corrected chi connectivity index (χ0v) is 11.2. The van der Waals surface area contributed by atoms with Gasteiger partial charge < -0.3 is 10.6 Å². The van der Waals surface area contributed by atoms with Crippen LogP contribution in [-0.2, 0) is 4.79 Å². The van der Waals surface area contributed by atoms with Gasteiger partial charge in [0.2, 0.25) is 5.91 Å². The molecule has 3 amide bonds. The molecular weight excluding hydrogens is 294 g/mol. The average molecular weight is 307 g/mol. The van der Waals surface area contributed by atoms with Gasteiger partial charge in [-0.2, -0.15) is 0 Å². The van der Waals surface area contributed by atoms with Gasteiger partial charge in [-0.05, 0) is 13.8 Å². The molecule has 0 aliphatic rings. The Labute approximate surface area is 117 Å². The number of carbonyl (C=O) groups excluding carboxylic acids is 2. The fraction of sp³-hybridized carbons (Fsp3) is 0.333. The van der Waals surface area contributed by atoms with Crippen molar-refractivity contribution in [2.24, 2.45) is 0 Å². The Morgan fingerprint density at radius 2 is 1.67 bits per heavy atom. The molecule has 0 aromatic heterocycles. The van der Waals surface area contributed by atoms with E-state index in [1.54, 1.807) is 6.92 Å². The van der Waals surface area contributed by atoms with Gasteiger partial charge in [0.15, 0.2) is 23.3 Å². The van der Waals surface area contributed by atoms with E-state index in [0.717, 1.165) is 6.92 Å². The summed E-state index contributed by atoms with van der Waals surface area (Å²) in [7, 11) is 0. The number of benzene rings is 1. The van der Waals surface area contributed by atoms with Crippen LogP contribution in [0, 0.1) is 23.3 Å². The van der Waals surface area contributed by atoms with Crippen molar-refractivity contribution in [1.82, 2.24) is 10.6 Å². The maximum atomic E-state index is 13.4. The lowest BCUT2D eigenvalue weighted by Crippen LogP contribution is -2.45. The topological polar surface area (TPSA) is 70.2 Å². The molecule has 0 saturated carbocycles. The standard InChI is InChI=1S/C12H13F4N3O2/c1-3-17-12(21)19-11(20)5(2)18-10-8(15)6(13)4-7(14)9(10)16/h4-5,18H,3H2,1-2H3,(H2,17,19,20,21). The number of imide groups is 1. The molecule has 0 fully saturated rings. The maximum Gasteiger partial charge on any atom is 0.321 e. The Kier molecular flexibility index (Phi) is 5.51. The molecule has 0 heterocycles. The molecule has 0 aliphatic carbocycles. The molecule has 0 saturated heterocycles. The lowest BCUT2D eigenvalue weighted by atomic mass is 10.2. The smallest absolute Gasteiger partial charge is 0.321 e. The van der Waals surface area contributed by atoms with E-state index in [9.17, 15) is 27.2 Å². The van der Waals surface area contributed by atoms with Gasteiger partial charge in [0.05, 0.1) is 0 Å². The van der Waals surface area contributed by atoms with Crippen molar-refractivity contribution >= 4 is 17.6 Å². The Bertz CT molecular complexity index is 540. The number of hydrogen-bond acceptors (Lipinski definition) is 3. The molecule has 1 aromatic rings. The molecule has 1 atom stereocenters. The lowest BCUT2D eigenvalue weighted by molar-refractivity contribution is -0.120. The highest BCUT2D eigenvalue weighted by Gasteiger charge is 2.23. The van der Waals surface area contributed by atoms with E-state index >= 15 is 0 Å². The minimum atomic E-state index is -1.66. The molecule has 5 nitrogen and oxygen atoms in total. The molecule has 0 spiro atoms. The third kappa shape index (κ3) is 4.07. The van der Waals surface area contributed by atoms with Crippen molar-refractivity contribution in [1.29, 1.82) is 0 Å². The van der Waals surface area contributed by atoms with Crippen LogP contribution in [0.5, 0.6) is 0 Å². The number of urea groups is 1. The summed E-state index contributed by atoms with van der Waals surface area (Å²) in [6, 6.07) is -2.06. The Morgan fingerprint density at radius 3 is 2.14 bits per heavy atom. The van der Waals surface area contributed by atoms with Crippen molar-refractivity contribution in [2.75, 3.05) is 11.9 Å². The summed E-state index contributed by atoms with van der Waals surface area (Å²) < 4.78 is 52.8. The minimum Gasteiger partial charge on any atom is -0.369 e. The number of amides is 3. The number of carbonyl (C=O) groups is 2. The van der Waals surface area contributed by atoms with Crippen molar-refractivity contribution < 1.29 is 27.2 Å². The van der Waals surface area contributed by atoms with Crippen LogP contribution in [0.15, 0.2) is 6.07 Å². The highest BCUT2D eigenvalue weighted by Crippen LogP contribution is 2.24. The van der Waals surface area contributed by atoms with E-state index in [1.165, 1.54) is 0 Å². The Balaban J connectivity index is 2.86. The summed E-state index contributed by atoms with van der Waals surface area (Å²) in [5, 5.41) is 6.14. The quantitative estimate of drug-likeness (QED) is 0.588. The summed E-state index contributed by atoms with van der Waals surface area (Å²) in [6.45, 7) is 3.04. The molecule has 0 radical (unpaired) electrons. The molecule has 3 N–H and O–H groups in total. The molecule has 116 valence electrons. The average Bonchev–Trinajstić information content (AvgIpc) is 2.41. The summed E-state index contributed by atoms with van der Waals surface area (Å²) >= 11 is 0. The van der Waals surface area contributed by atoms with Gasteiger partial charge in [0.1, 0.15) is 11.7 Å².